The predicted molar refractivity (Wildman–Crippen MR) is 111 cm³/mol. The molecule has 0 saturated carbocycles. The number of para-hydroxylation sites is 1. The van der Waals surface area contributed by atoms with E-state index in [-0.39, 0.29) is 6.04 Å². The van der Waals surface area contributed by atoms with Gasteiger partial charge in [-0.15, -0.1) is 0 Å². The highest BCUT2D eigenvalue weighted by molar-refractivity contribution is 5.98. The van der Waals surface area contributed by atoms with Gasteiger partial charge in [0.25, 0.3) is 0 Å². The summed E-state index contributed by atoms with van der Waals surface area (Å²) in [5.41, 5.74) is 8.93. The van der Waals surface area contributed by atoms with E-state index in [4.69, 9.17) is 20.3 Å². The summed E-state index contributed by atoms with van der Waals surface area (Å²) in [5.74, 6) is 0.842. The van der Waals surface area contributed by atoms with Gasteiger partial charge in [-0.1, -0.05) is 30.3 Å². The van der Waals surface area contributed by atoms with Crippen LogP contribution in [0.5, 0.6) is 5.75 Å². The number of anilines is 2. The monoisotopic (exact) mass is 402 g/mol. The quantitative estimate of drug-likeness (QED) is 0.538. The Bertz CT molecular complexity index is 1200. The molecule has 9 nitrogen and oxygen atoms in total. The van der Waals surface area contributed by atoms with Crippen molar-refractivity contribution in [3.05, 3.63) is 60.9 Å². The lowest BCUT2D eigenvalue weighted by atomic mass is 10.1. The fraction of sp³-hybridized carbons (Fsp3) is 0.143. The van der Waals surface area contributed by atoms with Crippen LogP contribution in [-0.2, 0) is 4.74 Å². The number of benzene rings is 2. The summed E-state index contributed by atoms with van der Waals surface area (Å²) in [5, 5.41) is 8.14. The number of nitrogen functional groups attached to an aromatic ring is 1. The average molecular weight is 402 g/mol. The molecule has 2 aromatic heterocycles. The van der Waals surface area contributed by atoms with Gasteiger partial charge >= 0.3 is 6.09 Å². The van der Waals surface area contributed by atoms with Crippen LogP contribution in [0.15, 0.2) is 60.9 Å². The van der Waals surface area contributed by atoms with Gasteiger partial charge in [0, 0.05) is 11.3 Å². The minimum absolute atomic E-state index is 0.129. The number of fused-ring (bicyclic) bond motifs is 1. The van der Waals surface area contributed by atoms with Crippen LogP contribution in [0.3, 0.4) is 0 Å². The molecule has 1 aliphatic rings. The molecule has 3 heterocycles. The molecule has 0 bridgehead atoms. The summed E-state index contributed by atoms with van der Waals surface area (Å²) in [6, 6.07) is 16.3. The Morgan fingerprint density at radius 2 is 1.87 bits per heavy atom. The van der Waals surface area contributed by atoms with Crippen molar-refractivity contribution in [2.45, 2.75) is 6.04 Å². The Balaban J connectivity index is 1.40. The van der Waals surface area contributed by atoms with E-state index in [0.29, 0.717) is 47.2 Å². The van der Waals surface area contributed by atoms with Crippen molar-refractivity contribution >= 4 is 28.6 Å². The summed E-state index contributed by atoms with van der Waals surface area (Å²) in [6.07, 6.45) is 0.871. The van der Waals surface area contributed by atoms with Crippen LogP contribution in [0, 0.1) is 0 Å². The number of carbonyl (C=O) groups is 1. The Morgan fingerprint density at radius 3 is 2.57 bits per heavy atom. The van der Waals surface area contributed by atoms with Crippen LogP contribution in [0.4, 0.5) is 16.3 Å². The molecule has 30 heavy (non-hydrogen) atoms. The molecule has 3 N–H and O–H groups in total. The molecule has 2 aromatic carbocycles. The summed E-state index contributed by atoms with van der Waals surface area (Å²) in [6.45, 7) is 1.18. The Morgan fingerprint density at radius 1 is 1.10 bits per heavy atom. The van der Waals surface area contributed by atoms with Crippen LogP contribution in [-0.4, -0.2) is 39.1 Å². The third-order valence-electron chi connectivity index (χ3n) is 4.84. The molecule has 0 unspecified atom stereocenters. The van der Waals surface area contributed by atoms with Crippen molar-refractivity contribution < 1.29 is 14.3 Å². The van der Waals surface area contributed by atoms with Crippen molar-refractivity contribution in [3.63, 3.8) is 0 Å². The second-order valence-corrected chi connectivity index (χ2v) is 6.85. The smallest absolute Gasteiger partial charge is 0.410 e. The van der Waals surface area contributed by atoms with Gasteiger partial charge in [0.1, 0.15) is 29.6 Å². The molecule has 0 radical (unpaired) electrons. The van der Waals surface area contributed by atoms with Crippen molar-refractivity contribution in [1.82, 2.24) is 19.7 Å². The van der Waals surface area contributed by atoms with E-state index in [1.807, 2.05) is 22.9 Å². The number of ether oxygens (including phenoxy) is 2. The lowest BCUT2D eigenvalue weighted by molar-refractivity contribution is -0.0268. The standard InChI is InChI=1S/C21H18N6O3/c22-19-17-18(26-27(15-10-29-11-15)20(17)24-12-23-19)13-6-8-14(9-7-13)25-21(28)30-16-4-2-1-3-5-16/h1-9,12,15H,10-11H2,(H,25,28)(H2,22,23,24). The highest BCUT2D eigenvalue weighted by Gasteiger charge is 2.27. The molecular weight excluding hydrogens is 384 g/mol. The third kappa shape index (κ3) is 3.31. The Labute approximate surface area is 171 Å². The highest BCUT2D eigenvalue weighted by atomic mass is 16.6. The molecule has 0 atom stereocenters. The minimum atomic E-state index is -0.564. The van der Waals surface area contributed by atoms with Gasteiger partial charge in [-0.05, 0) is 24.3 Å². The van der Waals surface area contributed by atoms with Gasteiger partial charge in [-0.25, -0.2) is 19.4 Å². The molecule has 150 valence electrons. The summed E-state index contributed by atoms with van der Waals surface area (Å²) in [4.78, 5) is 20.6. The molecule has 0 aliphatic carbocycles. The van der Waals surface area contributed by atoms with Crippen molar-refractivity contribution in [1.29, 1.82) is 0 Å². The van der Waals surface area contributed by atoms with Crippen LogP contribution in [0.1, 0.15) is 6.04 Å². The van der Waals surface area contributed by atoms with Gasteiger partial charge in [-0.3, -0.25) is 5.32 Å². The molecule has 0 spiro atoms. The zero-order valence-electron chi connectivity index (χ0n) is 15.9. The van der Waals surface area contributed by atoms with E-state index in [9.17, 15) is 4.79 Å². The summed E-state index contributed by atoms with van der Waals surface area (Å²) >= 11 is 0. The van der Waals surface area contributed by atoms with E-state index in [2.05, 4.69) is 15.3 Å². The first-order valence-corrected chi connectivity index (χ1v) is 9.40. The SMILES string of the molecule is Nc1ncnc2c1c(-c1ccc(NC(=O)Oc3ccccc3)cc1)nn2C1COC1. The molecule has 1 fully saturated rings. The van der Waals surface area contributed by atoms with E-state index in [1.165, 1.54) is 6.33 Å². The number of rotatable bonds is 4. The largest absolute Gasteiger partial charge is 0.417 e. The first-order chi connectivity index (χ1) is 14.7. The first-order valence-electron chi connectivity index (χ1n) is 9.40. The zero-order valence-corrected chi connectivity index (χ0v) is 15.9. The lowest BCUT2D eigenvalue weighted by Gasteiger charge is -2.26. The fourth-order valence-electron chi connectivity index (χ4n) is 3.27. The maximum Gasteiger partial charge on any atom is 0.417 e. The zero-order chi connectivity index (χ0) is 20.5. The summed E-state index contributed by atoms with van der Waals surface area (Å²) < 4.78 is 12.4. The Hall–Kier alpha value is -3.98. The van der Waals surface area contributed by atoms with Gasteiger partial charge in [0.15, 0.2) is 5.65 Å². The molecule has 4 aromatic rings. The van der Waals surface area contributed by atoms with Crippen LogP contribution >= 0.6 is 0 Å². The van der Waals surface area contributed by atoms with E-state index in [1.54, 1.807) is 36.4 Å². The van der Waals surface area contributed by atoms with Crippen molar-refractivity contribution in [3.8, 4) is 17.0 Å². The van der Waals surface area contributed by atoms with Crippen LogP contribution < -0.4 is 15.8 Å². The average Bonchev–Trinajstić information content (AvgIpc) is 3.08. The number of hydrogen-bond donors (Lipinski definition) is 2. The number of carbonyl (C=O) groups excluding carboxylic acids is 1. The van der Waals surface area contributed by atoms with E-state index < -0.39 is 6.09 Å². The fourth-order valence-corrected chi connectivity index (χ4v) is 3.27. The number of nitrogens with zero attached hydrogens (tertiary/aromatic N) is 4. The van der Waals surface area contributed by atoms with Crippen molar-refractivity contribution in [2.24, 2.45) is 0 Å². The van der Waals surface area contributed by atoms with Gasteiger partial charge in [-0.2, -0.15) is 5.10 Å². The maximum absolute atomic E-state index is 12.1. The summed E-state index contributed by atoms with van der Waals surface area (Å²) in [7, 11) is 0. The number of aromatic nitrogens is 4. The second kappa shape index (κ2) is 7.45. The molecule has 9 heteroatoms. The van der Waals surface area contributed by atoms with E-state index in [0.717, 1.165) is 5.56 Å². The van der Waals surface area contributed by atoms with E-state index >= 15 is 0 Å². The number of hydrogen-bond acceptors (Lipinski definition) is 7. The second-order valence-electron chi connectivity index (χ2n) is 6.85. The molecular formula is C21H18N6O3. The van der Waals surface area contributed by atoms with Gasteiger partial charge in [0.2, 0.25) is 0 Å². The molecule has 5 rings (SSSR count). The van der Waals surface area contributed by atoms with Gasteiger partial charge in [0.05, 0.1) is 18.6 Å². The molecule has 1 amide bonds. The minimum Gasteiger partial charge on any atom is -0.410 e. The number of nitrogens with two attached hydrogens (primary N) is 1. The topological polar surface area (TPSA) is 117 Å². The maximum atomic E-state index is 12.1. The highest BCUT2D eigenvalue weighted by Crippen LogP contribution is 2.33. The van der Waals surface area contributed by atoms with Gasteiger partial charge < -0.3 is 15.2 Å². The predicted octanol–water partition coefficient (Wildman–Crippen LogP) is 3.26. The number of amides is 1. The van der Waals surface area contributed by atoms with Crippen LogP contribution in [0.25, 0.3) is 22.3 Å². The lowest BCUT2D eigenvalue weighted by Crippen LogP contribution is -2.31. The molecule has 1 aliphatic heterocycles. The number of nitrogens with one attached hydrogen (secondary N) is 1. The van der Waals surface area contributed by atoms with Crippen LogP contribution in [0.2, 0.25) is 0 Å². The Kier molecular flexibility index (Phi) is 4.49. The first kappa shape index (κ1) is 18.1. The third-order valence-corrected chi connectivity index (χ3v) is 4.84. The molecule has 1 saturated heterocycles. The normalized spacial score (nSPS) is 13.7. The van der Waals surface area contributed by atoms with Crippen molar-refractivity contribution in [2.75, 3.05) is 24.3 Å².